The van der Waals surface area contributed by atoms with Gasteiger partial charge < -0.3 is 15.7 Å². The largest absolute Gasteiger partial charge is 0.399 e. The third-order valence-electron chi connectivity index (χ3n) is 3.85. The van der Waals surface area contributed by atoms with E-state index in [1.807, 2.05) is 29.2 Å². The maximum atomic E-state index is 12.6. The van der Waals surface area contributed by atoms with E-state index in [1.54, 1.807) is 0 Å². The lowest BCUT2D eigenvalue weighted by atomic mass is 10.0. The number of nitrogens with zero attached hydrogens (tertiary/aromatic N) is 1. The van der Waals surface area contributed by atoms with Gasteiger partial charge in [-0.1, -0.05) is 0 Å². The summed E-state index contributed by atoms with van der Waals surface area (Å²) in [5.74, 6) is 0.0310. The summed E-state index contributed by atoms with van der Waals surface area (Å²) in [6.07, 6.45) is 2.98. The predicted molar refractivity (Wildman–Crippen MR) is 82.0 cm³/mol. The van der Waals surface area contributed by atoms with Gasteiger partial charge in [0, 0.05) is 16.9 Å². The molecular weight excluding hydrogens is 272 g/mol. The number of carbonyl (C=O) groups excluding carboxylic acids is 1. The number of nitrogen functional groups attached to an aromatic ring is 1. The Balaban J connectivity index is 1.91. The predicted octanol–water partition coefficient (Wildman–Crippen LogP) is 2.47. The maximum Gasteiger partial charge on any atom is 0.264 e. The van der Waals surface area contributed by atoms with Crippen LogP contribution in [0.25, 0.3) is 10.1 Å². The van der Waals surface area contributed by atoms with Gasteiger partial charge in [0.25, 0.3) is 5.91 Å². The van der Waals surface area contributed by atoms with Gasteiger partial charge in [-0.2, -0.15) is 0 Å². The van der Waals surface area contributed by atoms with Gasteiger partial charge in [-0.15, -0.1) is 11.3 Å². The van der Waals surface area contributed by atoms with Crippen LogP contribution in [0.5, 0.6) is 0 Å². The zero-order valence-corrected chi connectivity index (χ0v) is 12.0. The monoisotopic (exact) mass is 290 g/mol. The topological polar surface area (TPSA) is 66.6 Å². The third-order valence-corrected chi connectivity index (χ3v) is 4.95. The summed E-state index contributed by atoms with van der Waals surface area (Å²) in [6, 6.07) is 7.56. The van der Waals surface area contributed by atoms with Crippen molar-refractivity contribution in [2.24, 2.45) is 0 Å². The molecule has 5 heteroatoms. The lowest BCUT2D eigenvalue weighted by molar-refractivity contribution is 0.0508. The fourth-order valence-corrected chi connectivity index (χ4v) is 3.77. The number of fused-ring (bicyclic) bond motifs is 1. The molecule has 0 saturated carbocycles. The highest BCUT2D eigenvalue weighted by Crippen LogP contribution is 2.29. The summed E-state index contributed by atoms with van der Waals surface area (Å²) in [5.41, 5.74) is 6.48. The summed E-state index contributed by atoms with van der Waals surface area (Å²) < 4.78 is 1.07. The lowest BCUT2D eigenvalue weighted by Gasteiger charge is -2.34. The fourth-order valence-electron chi connectivity index (χ4n) is 2.77. The molecule has 1 unspecified atom stereocenters. The smallest absolute Gasteiger partial charge is 0.264 e. The van der Waals surface area contributed by atoms with Gasteiger partial charge in [-0.3, -0.25) is 4.79 Å². The van der Waals surface area contributed by atoms with Crippen molar-refractivity contribution in [1.29, 1.82) is 0 Å². The molecule has 0 spiro atoms. The summed E-state index contributed by atoms with van der Waals surface area (Å²) in [6.45, 7) is 0.782. The van der Waals surface area contributed by atoms with Gasteiger partial charge in [0.15, 0.2) is 0 Å². The van der Waals surface area contributed by atoms with E-state index in [1.165, 1.54) is 11.3 Å². The van der Waals surface area contributed by atoms with Crippen LogP contribution in [0, 0.1) is 0 Å². The van der Waals surface area contributed by atoms with Gasteiger partial charge in [-0.05, 0) is 48.9 Å². The van der Waals surface area contributed by atoms with E-state index in [-0.39, 0.29) is 18.6 Å². The van der Waals surface area contributed by atoms with Crippen LogP contribution in [0.2, 0.25) is 0 Å². The number of aliphatic hydroxyl groups excluding tert-OH is 1. The second-order valence-electron chi connectivity index (χ2n) is 5.24. The molecule has 0 bridgehead atoms. The van der Waals surface area contributed by atoms with Gasteiger partial charge in [0.05, 0.1) is 17.5 Å². The Morgan fingerprint density at radius 3 is 3.05 bits per heavy atom. The Labute approximate surface area is 121 Å². The minimum atomic E-state index is -0.0356. The van der Waals surface area contributed by atoms with E-state index in [0.717, 1.165) is 40.8 Å². The number of anilines is 1. The number of aliphatic hydroxyl groups is 1. The molecule has 1 fully saturated rings. The highest BCUT2D eigenvalue weighted by Gasteiger charge is 2.27. The van der Waals surface area contributed by atoms with Crippen LogP contribution in [-0.2, 0) is 0 Å². The van der Waals surface area contributed by atoms with E-state index in [4.69, 9.17) is 5.73 Å². The van der Waals surface area contributed by atoms with Gasteiger partial charge in [-0.25, -0.2) is 0 Å². The first-order valence-electron chi connectivity index (χ1n) is 6.90. The molecule has 1 amide bonds. The minimum Gasteiger partial charge on any atom is -0.399 e. The summed E-state index contributed by atoms with van der Waals surface area (Å²) in [5, 5.41) is 10.4. The zero-order valence-electron chi connectivity index (χ0n) is 11.2. The standard InChI is InChI=1S/C15H18N2O2S/c16-11-4-5-13-10(7-11)8-14(20-13)15(19)17-6-2-1-3-12(17)9-18/h4-5,7-8,12,18H,1-3,6,9,16H2. The Bertz CT molecular complexity index is 638. The van der Waals surface area contributed by atoms with E-state index in [2.05, 4.69) is 0 Å². The number of hydrogen-bond acceptors (Lipinski definition) is 4. The molecule has 4 nitrogen and oxygen atoms in total. The molecule has 1 atom stereocenters. The second kappa shape index (κ2) is 5.42. The van der Waals surface area contributed by atoms with Gasteiger partial charge in [0.2, 0.25) is 0 Å². The van der Waals surface area contributed by atoms with E-state index < -0.39 is 0 Å². The first kappa shape index (κ1) is 13.4. The number of likely N-dealkylation sites (tertiary alicyclic amines) is 1. The summed E-state index contributed by atoms with van der Waals surface area (Å²) >= 11 is 1.49. The molecular formula is C15H18N2O2S. The van der Waals surface area contributed by atoms with Crippen LogP contribution < -0.4 is 5.73 Å². The molecule has 1 aliphatic heterocycles. The third kappa shape index (κ3) is 2.39. The number of nitrogens with two attached hydrogens (primary N) is 1. The molecule has 3 N–H and O–H groups in total. The lowest BCUT2D eigenvalue weighted by Crippen LogP contribution is -2.45. The van der Waals surface area contributed by atoms with Crippen LogP contribution >= 0.6 is 11.3 Å². The average molecular weight is 290 g/mol. The van der Waals surface area contributed by atoms with E-state index >= 15 is 0 Å². The Morgan fingerprint density at radius 2 is 2.25 bits per heavy atom. The molecule has 1 saturated heterocycles. The van der Waals surface area contributed by atoms with Gasteiger partial charge >= 0.3 is 0 Å². The van der Waals surface area contributed by atoms with Crippen LogP contribution in [-0.4, -0.2) is 35.1 Å². The number of thiophene rings is 1. The Kier molecular flexibility index (Phi) is 3.63. The maximum absolute atomic E-state index is 12.6. The summed E-state index contributed by atoms with van der Waals surface area (Å²) in [4.78, 5) is 15.2. The first-order valence-corrected chi connectivity index (χ1v) is 7.71. The quantitative estimate of drug-likeness (QED) is 0.835. The van der Waals surface area contributed by atoms with E-state index in [9.17, 15) is 9.90 Å². The Hall–Kier alpha value is -1.59. The number of benzene rings is 1. The number of carbonyl (C=O) groups is 1. The second-order valence-corrected chi connectivity index (χ2v) is 6.32. The fraction of sp³-hybridized carbons (Fsp3) is 0.400. The molecule has 1 aliphatic rings. The molecule has 2 aromatic rings. The molecule has 3 rings (SSSR count). The van der Waals surface area contributed by atoms with Crippen LogP contribution in [0.3, 0.4) is 0 Å². The Morgan fingerprint density at radius 1 is 1.40 bits per heavy atom. The molecule has 1 aromatic carbocycles. The molecule has 106 valence electrons. The number of hydrogen-bond donors (Lipinski definition) is 2. The van der Waals surface area contributed by atoms with Crippen molar-refractivity contribution in [2.45, 2.75) is 25.3 Å². The van der Waals surface area contributed by atoms with Crippen LogP contribution in [0.4, 0.5) is 5.69 Å². The van der Waals surface area contributed by atoms with Crippen molar-refractivity contribution >= 4 is 33.0 Å². The molecule has 20 heavy (non-hydrogen) atoms. The molecule has 0 radical (unpaired) electrons. The molecule has 0 aliphatic carbocycles. The van der Waals surface area contributed by atoms with Crippen molar-refractivity contribution in [3.05, 3.63) is 29.1 Å². The minimum absolute atomic E-state index is 0.0310. The van der Waals surface area contributed by atoms with Crippen molar-refractivity contribution in [2.75, 3.05) is 18.9 Å². The zero-order chi connectivity index (χ0) is 14.1. The molecule has 1 aromatic heterocycles. The first-order chi connectivity index (χ1) is 9.69. The van der Waals surface area contributed by atoms with E-state index in [0.29, 0.717) is 5.69 Å². The van der Waals surface area contributed by atoms with Crippen molar-refractivity contribution in [3.8, 4) is 0 Å². The van der Waals surface area contributed by atoms with Crippen LogP contribution in [0.1, 0.15) is 28.9 Å². The van der Waals surface area contributed by atoms with Crippen molar-refractivity contribution in [1.82, 2.24) is 4.90 Å². The number of amides is 1. The van der Waals surface area contributed by atoms with Crippen LogP contribution in [0.15, 0.2) is 24.3 Å². The normalized spacial score (nSPS) is 19.4. The highest BCUT2D eigenvalue weighted by molar-refractivity contribution is 7.20. The highest BCUT2D eigenvalue weighted by atomic mass is 32.1. The number of rotatable bonds is 2. The van der Waals surface area contributed by atoms with Crippen molar-refractivity contribution in [3.63, 3.8) is 0 Å². The van der Waals surface area contributed by atoms with Crippen molar-refractivity contribution < 1.29 is 9.90 Å². The average Bonchev–Trinajstić information content (AvgIpc) is 2.89. The SMILES string of the molecule is Nc1ccc2sc(C(=O)N3CCCCC3CO)cc2c1. The van der Waals surface area contributed by atoms with Gasteiger partial charge in [0.1, 0.15) is 0 Å². The molecule has 2 heterocycles. The number of piperidine rings is 1. The summed E-state index contributed by atoms with van der Waals surface area (Å²) in [7, 11) is 0.